The van der Waals surface area contributed by atoms with E-state index in [-0.39, 0.29) is 5.97 Å². The van der Waals surface area contributed by atoms with Gasteiger partial charge in [0.25, 0.3) is 0 Å². The smallest absolute Gasteiger partial charge is 0.338 e. The second kappa shape index (κ2) is 5.37. The van der Waals surface area contributed by atoms with Crippen LogP contribution in [0.5, 0.6) is 0 Å². The molecule has 0 aliphatic carbocycles. The second-order valence-electron chi connectivity index (χ2n) is 4.79. The number of methoxy groups -OCH3 is 1. The third-order valence-corrected chi connectivity index (χ3v) is 3.99. The van der Waals surface area contributed by atoms with Crippen molar-refractivity contribution in [3.63, 3.8) is 0 Å². The van der Waals surface area contributed by atoms with E-state index >= 15 is 0 Å². The van der Waals surface area contributed by atoms with Gasteiger partial charge in [-0.1, -0.05) is 35.9 Å². The average molecular weight is 345 g/mol. The molecule has 0 atom stereocenters. The van der Waals surface area contributed by atoms with Crippen molar-refractivity contribution in [3.8, 4) is 11.3 Å². The minimum absolute atomic E-state index is 0.376. The molecule has 1 heterocycles. The normalized spacial score (nSPS) is 10.8. The van der Waals surface area contributed by atoms with Crippen molar-refractivity contribution in [2.24, 2.45) is 0 Å². The fraction of sp³-hybridized carbons (Fsp3) is 0.118. The highest BCUT2D eigenvalue weighted by molar-refractivity contribution is 9.10. The number of esters is 1. The minimum Gasteiger partial charge on any atom is -0.465 e. The summed E-state index contributed by atoms with van der Waals surface area (Å²) >= 11 is 3.44. The maximum absolute atomic E-state index is 11.9. The lowest BCUT2D eigenvalue weighted by molar-refractivity contribution is 0.0601. The van der Waals surface area contributed by atoms with Gasteiger partial charge in [-0.05, 0) is 35.0 Å². The summed E-state index contributed by atoms with van der Waals surface area (Å²) in [5, 5.41) is 1.95. The van der Waals surface area contributed by atoms with Crippen LogP contribution in [-0.2, 0) is 4.74 Å². The van der Waals surface area contributed by atoms with E-state index in [0.29, 0.717) is 16.0 Å². The summed E-state index contributed by atoms with van der Waals surface area (Å²) in [4.78, 5) is 11.9. The predicted molar refractivity (Wildman–Crippen MR) is 85.4 cm³/mol. The van der Waals surface area contributed by atoms with Crippen molar-refractivity contribution in [1.82, 2.24) is 0 Å². The SMILES string of the molecule is COC(=O)c1ccccc1-c1oc(Br)c2cc(C)ccc12. The van der Waals surface area contributed by atoms with Crippen LogP contribution in [0.4, 0.5) is 0 Å². The molecule has 0 fully saturated rings. The number of furan rings is 1. The molecule has 0 N–H and O–H groups in total. The van der Waals surface area contributed by atoms with Gasteiger partial charge < -0.3 is 9.15 Å². The first-order chi connectivity index (χ1) is 10.1. The number of carbonyl (C=O) groups is 1. The maximum atomic E-state index is 11.9. The highest BCUT2D eigenvalue weighted by Crippen LogP contribution is 2.38. The zero-order valence-electron chi connectivity index (χ0n) is 11.6. The van der Waals surface area contributed by atoms with Gasteiger partial charge in [-0.3, -0.25) is 0 Å². The number of fused-ring (bicyclic) bond motifs is 1. The van der Waals surface area contributed by atoms with Crippen molar-refractivity contribution in [1.29, 1.82) is 0 Å². The summed E-state index contributed by atoms with van der Waals surface area (Å²) in [5.41, 5.74) is 2.37. The molecule has 0 saturated carbocycles. The Hall–Kier alpha value is -2.07. The van der Waals surface area contributed by atoms with E-state index in [0.717, 1.165) is 21.9 Å². The standard InChI is InChI=1S/C17H13BrO3/c1-10-7-8-12-14(9-10)16(18)21-15(12)11-5-3-4-6-13(11)17(19)20-2/h3-9H,1-2H3. The van der Waals surface area contributed by atoms with Gasteiger partial charge in [0.2, 0.25) is 0 Å². The molecule has 0 spiro atoms. The van der Waals surface area contributed by atoms with Gasteiger partial charge in [0, 0.05) is 16.3 Å². The molecule has 3 nitrogen and oxygen atoms in total. The summed E-state index contributed by atoms with van der Waals surface area (Å²) in [6.45, 7) is 2.03. The van der Waals surface area contributed by atoms with Crippen LogP contribution in [0.3, 0.4) is 0 Å². The average Bonchev–Trinajstić information content (AvgIpc) is 2.83. The molecule has 3 aromatic rings. The van der Waals surface area contributed by atoms with E-state index in [2.05, 4.69) is 15.9 Å². The van der Waals surface area contributed by atoms with Crippen LogP contribution < -0.4 is 0 Å². The van der Waals surface area contributed by atoms with E-state index in [4.69, 9.17) is 9.15 Å². The van der Waals surface area contributed by atoms with Gasteiger partial charge >= 0.3 is 5.97 Å². The lowest BCUT2D eigenvalue weighted by Gasteiger charge is -2.05. The first kappa shape index (κ1) is 13.9. The van der Waals surface area contributed by atoms with Crippen molar-refractivity contribution in [2.75, 3.05) is 7.11 Å². The molecule has 0 unspecified atom stereocenters. The minimum atomic E-state index is -0.376. The molecule has 21 heavy (non-hydrogen) atoms. The van der Waals surface area contributed by atoms with E-state index in [9.17, 15) is 4.79 Å². The Morgan fingerprint density at radius 3 is 2.67 bits per heavy atom. The first-order valence-corrected chi connectivity index (χ1v) is 7.27. The molecule has 0 aliphatic rings. The zero-order chi connectivity index (χ0) is 15.0. The molecular formula is C17H13BrO3. The molecule has 0 saturated heterocycles. The van der Waals surface area contributed by atoms with Crippen molar-refractivity contribution in [3.05, 3.63) is 58.3 Å². The molecule has 4 heteroatoms. The van der Waals surface area contributed by atoms with Crippen LogP contribution in [0.25, 0.3) is 22.1 Å². The molecule has 0 amide bonds. The van der Waals surface area contributed by atoms with Gasteiger partial charge in [-0.25, -0.2) is 4.79 Å². The Kier molecular flexibility index (Phi) is 3.55. The Labute approximate surface area is 130 Å². The van der Waals surface area contributed by atoms with E-state index < -0.39 is 0 Å². The molecular weight excluding hydrogens is 332 g/mol. The molecule has 0 radical (unpaired) electrons. The highest BCUT2D eigenvalue weighted by atomic mass is 79.9. The number of aryl methyl sites for hydroxylation is 1. The fourth-order valence-electron chi connectivity index (χ4n) is 2.39. The number of hydrogen-bond acceptors (Lipinski definition) is 3. The third kappa shape index (κ3) is 2.36. The predicted octanol–water partition coefficient (Wildman–Crippen LogP) is 4.96. The van der Waals surface area contributed by atoms with Gasteiger partial charge in [-0.2, -0.15) is 0 Å². The van der Waals surface area contributed by atoms with Crippen LogP contribution in [0.1, 0.15) is 15.9 Å². The Morgan fingerprint density at radius 2 is 1.90 bits per heavy atom. The van der Waals surface area contributed by atoms with E-state index in [1.165, 1.54) is 7.11 Å². The quantitative estimate of drug-likeness (QED) is 0.617. The molecule has 106 valence electrons. The van der Waals surface area contributed by atoms with Crippen molar-refractivity contribution in [2.45, 2.75) is 6.92 Å². The first-order valence-electron chi connectivity index (χ1n) is 6.48. The summed E-state index contributed by atoms with van der Waals surface area (Å²) in [6.07, 6.45) is 0. The second-order valence-corrected chi connectivity index (χ2v) is 5.51. The van der Waals surface area contributed by atoms with Crippen LogP contribution in [0, 0.1) is 6.92 Å². The lowest BCUT2D eigenvalue weighted by Crippen LogP contribution is -2.02. The summed E-state index contributed by atoms with van der Waals surface area (Å²) < 4.78 is 11.4. The number of hydrogen-bond donors (Lipinski definition) is 0. The number of halogens is 1. The molecule has 0 bridgehead atoms. The largest absolute Gasteiger partial charge is 0.465 e. The van der Waals surface area contributed by atoms with Gasteiger partial charge in [0.15, 0.2) is 4.67 Å². The van der Waals surface area contributed by atoms with E-state index in [1.807, 2.05) is 37.3 Å². The number of ether oxygens (including phenoxy) is 1. The number of benzene rings is 2. The summed E-state index contributed by atoms with van der Waals surface area (Å²) in [5.74, 6) is 0.288. The summed E-state index contributed by atoms with van der Waals surface area (Å²) in [6, 6.07) is 13.3. The van der Waals surface area contributed by atoms with Crippen LogP contribution in [0.2, 0.25) is 0 Å². The molecule has 1 aromatic heterocycles. The molecule has 3 rings (SSSR count). The van der Waals surface area contributed by atoms with Crippen LogP contribution in [-0.4, -0.2) is 13.1 Å². The van der Waals surface area contributed by atoms with Crippen molar-refractivity contribution < 1.29 is 13.9 Å². The lowest BCUT2D eigenvalue weighted by atomic mass is 10.0. The Morgan fingerprint density at radius 1 is 1.14 bits per heavy atom. The maximum Gasteiger partial charge on any atom is 0.338 e. The van der Waals surface area contributed by atoms with Gasteiger partial charge in [-0.15, -0.1) is 0 Å². The van der Waals surface area contributed by atoms with Gasteiger partial charge in [0.1, 0.15) is 5.76 Å². The number of carbonyl (C=O) groups excluding carboxylic acids is 1. The third-order valence-electron chi connectivity index (χ3n) is 3.40. The Balaban J connectivity index is 2.29. The summed E-state index contributed by atoms with van der Waals surface area (Å²) in [7, 11) is 1.37. The Bertz CT molecular complexity index is 833. The van der Waals surface area contributed by atoms with Crippen LogP contribution in [0.15, 0.2) is 51.6 Å². The zero-order valence-corrected chi connectivity index (χ0v) is 13.2. The topological polar surface area (TPSA) is 39.4 Å². The van der Waals surface area contributed by atoms with Crippen LogP contribution >= 0.6 is 15.9 Å². The number of rotatable bonds is 2. The molecule has 0 aliphatic heterocycles. The highest BCUT2D eigenvalue weighted by Gasteiger charge is 2.19. The van der Waals surface area contributed by atoms with E-state index in [1.54, 1.807) is 12.1 Å². The van der Waals surface area contributed by atoms with Crippen molar-refractivity contribution >= 4 is 32.7 Å². The molecule has 2 aromatic carbocycles. The van der Waals surface area contributed by atoms with Gasteiger partial charge in [0.05, 0.1) is 12.7 Å². The fourth-order valence-corrected chi connectivity index (χ4v) is 2.88. The monoisotopic (exact) mass is 344 g/mol.